The molecule has 1 aliphatic rings. The Bertz CT molecular complexity index is 1260. The minimum absolute atomic E-state index is 0.0281. The van der Waals surface area contributed by atoms with E-state index in [4.69, 9.17) is 4.74 Å². The van der Waals surface area contributed by atoms with E-state index in [0.717, 1.165) is 31.2 Å². The fourth-order valence-electron chi connectivity index (χ4n) is 5.95. The molecule has 1 aromatic heterocycles. The van der Waals surface area contributed by atoms with Gasteiger partial charge in [0, 0.05) is 24.7 Å². The lowest BCUT2D eigenvalue weighted by atomic mass is 9.81. The van der Waals surface area contributed by atoms with Gasteiger partial charge in [0.15, 0.2) is 5.78 Å². The number of hydrogen-bond donors (Lipinski definition) is 3. The van der Waals surface area contributed by atoms with Crippen molar-refractivity contribution < 1.29 is 24.2 Å². The SMILES string of the molecule is C=C[C@@H](C[C@H](O)[C@H](CC1CCCCC1)NC(=O)[C@@H](Cc1cnc[nH]1)C(=O)C(Cc1ccccc1)=NC(=O)OC(C)(C)C)C(C)C. The third-order valence-electron chi connectivity index (χ3n) is 8.51. The van der Waals surface area contributed by atoms with Crippen molar-refractivity contribution in [1.29, 1.82) is 0 Å². The van der Waals surface area contributed by atoms with Crippen molar-refractivity contribution in [2.24, 2.45) is 28.7 Å². The number of ether oxygens (including phenoxy) is 1. The van der Waals surface area contributed by atoms with E-state index in [-0.39, 0.29) is 30.4 Å². The first-order valence-electron chi connectivity index (χ1n) is 16.3. The fourth-order valence-corrected chi connectivity index (χ4v) is 5.95. The number of benzene rings is 1. The van der Waals surface area contributed by atoms with Gasteiger partial charge in [-0.15, -0.1) is 6.58 Å². The number of carbonyl (C=O) groups excluding carboxylic acids is 3. The highest BCUT2D eigenvalue weighted by atomic mass is 16.6. The summed E-state index contributed by atoms with van der Waals surface area (Å²) in [4.78, 5) is 52.4. The molecule has 1 fully saturated rings. The van der Waals surface area contributed by atoms with E-state index >= 15 is 0 Å². The zero-order valence-corrected chi connectivity index (χ0v) is 27.6. The van der Waals surface area contributed by atoms with Crippen LogP contribution in [0, 0.1) is 23.7 Å². The molecule has 9 heteroatoms. The van der Waals surface area contributed by atoms with Gasteiger partial charge in [0.25, 0.3) is 0 Å². The average molecular weight is 621 g/mol. The summed E-state index contributed by atoms with van der Waals surface area (Å²) in [7, 11) is 0. The topological polar surface area (TPSA) is 134 Å². The third kappa shape index (κ3) is 12.0. The van der Waals surface area contributed by atoms with Crippen LogP contribution in [0.4, 0.5) is 4.79 Å². The van der Waals surface area contributed by atoms with Crippen LogP contribution in [0.5, 0.6) is 0 Å². The van der Waals surface area contributed by atoms with Crippen molar-refractivity contribution in [3.63, 3.8) is 0 Å². The second kappa shape index (κ2) is 17.2. The van der Waals surface area contributed by atoms with E-state index < -0.39 is 41.4 Å². The van der Waals surface area contributed by atoms with Crippen LogP contribution >= 0.6 is 0 Å². The van der Waals surface area contributed by atoms with Crippen LogP contribution in [-0.4, -0.2) is 56.3 Å². The van der Waals surface area contributed by atoms with Crippen molar-refractivity contribution in [3.05, 3.63) is 66.8 Å². The molecule has 1 heterocycles. The van der Waals surface area contributed by atoms with Crippen LogP contribution < -0.4 is 5.32 Å². The number of aromatic amines is 1. The van der Waals surface area contributed by atoms with Crippen molar-refractivity contribution in [3.8, 4) is 0 Å². The van der Waals surface area contributed by atoms with Crippen molar-refractivity contribution in [2.75, 3.05) is 0 Å². The Balaban J connectivity index is 1.95. The van der Waals surface area contributed by atoms with Crippen LogP contribution in [0.3, 0.4) is 0 Å². The summed E-state index contributed by atoms with van der Waals surface area (Å²) in [5.41, 5.74) is 0.487. The van der Waals surface area contributed by atoms with Gasteiger partial charge in [-0.3, -0.25) is 9.59 Å². The largest absolute Gasteiger partial charge is 0.442 e. The van der Waals surface area contributed by atoms with E-state index in [1.54, 1.807) is 27.0 Å². The minimum atomic E-state index is -1.21. The van der Waals surface area contributed by atoms with Crippen LogP contribution in [0.1, 0.15) is 90.8 Å². The number of amides is 2. The standard InChI is InChI=1S/C36H52N4O5/c1-7-27(24(2)3)20-32(41)30(18-25-14-10-8-11-15-25)39-34(43)29(21-28-22-37-23-38-28)33(42)31(19-26-16-12-9-13-17-26)40-35(44)45-36(4,5)6/h7,9,12-13,16-17,22-25,27,29-30,32,41H,1,8,10-11,14-15,18-21H2,2-6H3,(H,37,38)(H,39,43)/t27-,29-,30-,32-/m0/s1. The molecule has 0 spiro atoms. The molecule has 0 radical (unpaired) electrons. The van der Waals surface area contributed by atoms with E-state index in [9.17, 15) is 19.5 Å². The summed E-state index contributed by atoms with van der Waals surface area (Å²) in [5, 5.41) is 14.6. The van der Waals surface area contributed by atoms with Gasteiger partial charge >= 0.3 is 6.09 Å². The zero-order chi connectivity index (χ0) is 33.0. The molecular formula is C36H52N4O5. The van der Waals surface area contributed by atoms with Gasteiger partial charge in [-0.2, -0.15) is 4.99 Å². The van der Waals surface area contributed by atoms with E-state index in [1.807, 2.05) is 36.4 Å². The fraction of sp³-hybridized carbons (Fsp3) is 0.583. The van der Waals surface area contributed by atoms with Gasteiger partial charge in [-0.25, -0.2) is 9.78 Å². The highest BCUT2D eigenvalue weighted by Crippen LogP contribution is 2.30. The predicted molar refractivity (Wildman–Crippen MR) is 177 cm³/mol. The molecule has 2 amide bonds. The van der Waals surface area contributed by atoms with Gasteiger partial charge in [-0.05, 0) is 56.9 Å². The lowest BCUT2D eigenvalue weighted by Gasteiger charge is -2.33. The average Bonchev–Trinajstić information content (AvgIpc) is 3.51. The maximum atomic E-state index is 14.3. The first-order chi connectivity index (χ1) is 21.4. The second-order valence-electron chi connectivity index (χ2n) is 13.7. The van der Waals surface area contributed by atoms with Gasteiger partial charge in [-0.1, -0.05) is 82.4 Å². The summed E-state index contributed by atoms with van der Waals surface area (Å²) in [5.74, 6) is -1.57. The molecule has 3 N–H and O–H groups in total. The molecule has 246 valence electrons. The monoisotopic (exact) mass is 620 g/mol. The van der Waals surface area contributed by atoms with Crippen LogP contribution in [0.25, 0.3) is 0 Å². The number of Topliss-reactive ketones (excluding diaryl/α,β-unsaturated/α-hetero) is 1. The van der Waals surface area contributed by atoms with Crippen LogP contribution in [0.2, 0.25) is 0 Å². The number of imidazole rings is 1. The third-order valence-corrected chi connectivity index (χ3v) is 8.51. The minimum Gasteiger partial charge on any atom is -0.442 e. The lowest BCUT2D eigenvalue weighted by molar-refractivity contribution is -0.132. The van der Waals surface area contributed by atoms with Crippen molar-refractivity contribution >= 4 is 23.5 Å². The molecule has 4 atom stereocenters. The van der Waals surface area contributed by atoms with Crippen LogP contribution in [-0.2, 0) is 27.2 Å². The number of aliphatic imine (C=N–C) groups is 1. The molecule has 1 aromatic carbocycles. The molecule has 0 unspecified atom stereocenters. The van der Waals surface area contributed by atoms with Gasteiger partial charge in [0.1, 0.15) is 11.5 Å². The number of ketones is 1. The number of aromatic nitrogens is 2. The number of aliphatic hydroxyl groups is 1. The molecule has 3 rings (SSSR count). The summed E-state index contributed by atoms with van der Waals surface area (Å²) in [6, 6.07) is 8.67. The predicted octanol–water partition coefficient (Wildman–Crippen LogP) is 6.42. The molecule has 9 nitrogen and oxygen atoms in total. The Morgan fingerprint density at radius 3 is 2.42 bits per heavy atom. The van der Waals surface area contributed by atoms with Gasteiger partial charge < -0.3 is 20.1 Å². The Labute approximate surface area is 268 Å². The second-order valence-corrected chi connectivity index (χ2v) is 13.7. The molecular weight excluding hydrogens is 568 g/mol. The van der Waals surface area contributed by atoms with E-state index in [0.29, 0.717) is 24.5 Å². The normalized spacial score (nSPS) is 17.3. The number of H-pyrrole nitrogens is 1. The molecule has 0 bridgehead atoms. The van der Waals surface area contributed by atoms with Crippen LogP contribution in [0.15, 0.2) is 60.5 Å². The number of carbonyl (C=O) groups is 3. The molecule has 0 aliphatic heterocycles. The van der Waals surface area contributed by atoms with E-state index in [2.05, 4.69) is 40.7 Å². The van der Waals surface area contributed by atoms with Crippen molar-refractivity contribution in [1.82, 2.24) is 15.3 Å². The summed E-state index contributed by atoms with van der Waals surface area (Å²) >= 11 is 0. The summed E-state index contributed by atoms with van der Waals surface area (Å²) in [6.45, 7) is 13.3. The number of aliphatic hydroxyl groups excluding tert-OH is 1. The number of nitrogens with one attached hydrogen (secondary N) is 2. The maximum absolute atomic E-state index is 14.3. The highest BCUT2D eigenvalue weighted by Gasteiger charge is 2.35. The first-order valence-corrected chi connectivity index (χ1v) is 16.3. The number of allylic oxidation sites excluding steroid dienone is 1. The molecule has 1 aliphatic carbocycles. The molecule has 0 saturated heterocycles. The Kier molecular flexibility index (Phi) is 13.7. The van der Waals surface area contributed by atoms with Gasteiger partial charge in [0.2, 0.25) is 5.91 Å². The quantitative estimate of drug-likeness (QED) is 0.120. The Morgan fingerprint density at radius 1 is 1.16 bits per heavy atom. The zero-order valence-electron chi connectivity index (χ0n) is 27.6. The van der Waals surface area contributed by atoms with Crippen molar-refractivity contribution in [2.45, 2.75) is 110 Å². The molecule has 2 aromatic rings. The summed E-state index contributed by atoms with van der Waals surface area (Å²) < 4.78 is 5.41. The Morgan fingerprint density at radius 2 is 1.84 bits per heavy atom. The lowest BCUT2D eigenvalue weighted by Crippen LogP contribution is -2.50. The van der Waals surface area contributed by atoms with E-state index in [1.165, 1.54) is 12.7 Å². The number of rotatable bonds is 15. The first kappa shape index (κ1) is 35.9. The molecule has 45 heavy (non-hydrogen) atoms. The number of nitrogens with zero attached hydrogens (tertiary/aromatic N) is 2. The summed E-state index contributed by atoms with van der Waals surface area (Å²) in [6.07, 6.45) is 9.94. The maximum Gasteiger partial charge on any atom is 0.434 e. The Hall–Kier alpha value is -3.59. The number of hydrogen-bond acceptors (Lipinski definition) is 6. The smallest absolute Gasteiger partial charge is 0.434 e. The van der Waals surface area contributed by atoms with Gasteiger partial charge in [0.05, 0.1) is 24.2 Å². The highest BCUT2D eigenvalue weighted by molar-refractivity contribution is 6.45. The molecule has 1 saturated carbocycles.